The SMILES string of the molecule is CCNC(=NCc1ccc(C(=O)NC)cc1)N1CCC(c2ccccc2)C1.I. The summed E-state index contributed by atoms with van der Waals surface area (Å²) in [4.78, 5) is 18.8. The second-order valence-corrected chi connectivity index (χ2v) is 6.79. The lowest BCUT2D eigenvalue weighted by molar-refractivity contribution is 0.0963. The van der Waals surface area contributed by atoms with Gasteiger partial charge in [0.2, 0.25) is 0 Å². The van der Waals surface area contributed by atoms with Gasteiger partial charge in [-0.15, -0.1) is 24.0 Å². The number of halogens is 1. The van der Waals surface area contributed by atoms with E-state index in [2.05, 4.69) is 52.8 Å². The summed E-state index contributed by atoms with van der Waals surface area (Å²) in [6.45, 7) is 5.55. The Morgan fingerprint density at radius 1 is 1.14 bits per heavy atom. The van der Waals surface area contributed by atoms with Crippen LogP contribution in [0.2, 0.25) is 0 Å². The summed E-state index contributed by atoms with van der Waals surface area (Å²) in [5.74, 6) is 1.45. The van der Waals surface area contributed by atoms with Crippen molar-refractivity contribution in [1.29, 1.82) is 0 Å². The minimum absolute atomic E-state index is 0. The summed E-state index contributed by atoms with van der Waals surface area (Å²) in [5, 5.41) is 6.06. The highest BCUT2D eigenvalue weighted by Crippen LogP contribution is 2.26. The van der Waals surface area contributed by atoms with Gasteiger partial charge < -0.3 is 15.5 Å². The Morgan fingerprint density at radius 3 is 2.50 bits per heavy atom. The maximum atomic E-state index is 11.6. The van der Waals surface area contributed by atoms with Crippen molar-refractivity contribution in [2.24, 2.45) is 4.99 Å². The Balaban J connectivity index is 0.00000280. The van der Waals surface area contributed by atoms with Gasteiger partial charge in [0, 0.05) is 38.2 Å². The van der Waals surface area contributed by atoms with Gasteiger partial charge in [0.15, 0.2) is 5.96 Å². The number of nitrogens with one attached hydrogen (secondary N) is 2. The van der Waals surface area contributed by atoms with Gasteiger partial charge in [-0.05, 0) is 36.6 Å². The summed E-state index contributed by atoms with van der Waals surface area (Å²) in [5.41, 5.74) is 3.17. The Kier molecular flexibility index (Phi) is 8.76. The number of likely N-dealkylation sites (tertiary alicyclic amines) is 1. The van der Waals surface area contributed by atoms with Crippen LogP contribution in [0.5, 0.6) is 0 Å². The average Bonchev–Trinajstić information content (AvgIpc) is 3.21. The van der Waals surface area contributed by atoms with Crippen molar-refractivity contribution >= 4 is 35.8 Å². The molecule has 1 heterocycles. The van der Waals surface area contributed by atoms with Crippen LogP contribution in [-0.4, -0.2) is 43.4 Å². The third-order valence-corrected chi connectivity index (χ3v) is 4.95. The molecule has 150 valence electrons. The molecule has 5 nitrogen and oxygen atoms in total. The van der Waals surface area contributed by atoms with Crippen molar-refractivity contribution in [3.8, 4) is 0 Å². The zero-order valence-corrected chi connectivity index (χ0v) is 18.9. The first-order valence-electron chi connectivity index (χ1n) is 9.60. The van der Waals surface area contributed by atoms with Crippen LogP contribution in [0.25, 0.3) is 0 Å². The summed E-state index contributed by atoms with van der Waals surface area (Å²) in [6, 6.07) is 18.3. The fourth-order valence-electron chi connectivity index (χ4n) is 3.45. The number of benzene rings is 2. The Bertz CT molecular complexity index is 777. The monoisotopic (exact) mass is 492 g/mol. The molecule has 1 unspecified atom stereocenters. The molecule has 0 radical (unpaired) electrons. The van der Waals surface area contributed by atoms with Gasteiger partial charge in [-0.3, -0.25) is 4.79 Å². The molecule has 1 amide bonds. The number of hydrogen-bond donors (Lipinski definition) is 2. The zero-order chi connectivity index (χ0) is 19.1. The van der Waals surface area contributed by atoms with E-state index in [1.165, 1.54) is 5.56 Å². The molecule has 2 N–H and O–H groups in total. The van der Waals surface area contributed by atoms with E-state index in [0.29, 0.717) is 18.0 Å². The van der Waals surface area contributed by atoms with Crippen LogP contribution < -0.4 is 10.6 Å². The van der Waals surface area contributed by atoms with Crippen LogP contribution in [0.3, 0.4) is 0 Å². The minimum atomic E-state index is -0.0672. The summed E-state index contributed by atoms with van der Waals surface area (Å²) in [7, 11) is 1.64. The number of guanidine groups is 1. The molecule has 0 saturated carbocycles. The maximum absolute atomic E-state index is 11.6. The van der Waals surface area contributed by atoms with Crippen LogP contribution in [0.15, 0.2) is 59.6 Å². The van der Waals surface area contributed by atoms with Gasteiger partial charge in [-0.25, -0.2) is 4.99 Å². The lowest BCUT2D eigenvalue weighted by Gasteiger charge is -2.22. The minimum Gasteiger partial charge on any atom is -0.357 e. The molecule has 0 aliphatic carbocycles. The van der Waals surface area contributed by atoms with Gasteiger partial charge in [-0.1, -0.05) is 42.5 Å². The predicted molar refractivity (Wildman–Crippen MR) is 125 cm³/mol. The molecule has 2 aromatic rings. The molecule has 6 heteroatoms. The molecule has 0 aromatic heterocycles. The van der Waals surface area contributed by atoms with E-state index in [1.807, 2.05) is 24.3 Å². The van der Waals surface area contributed by atoms with Crippen LogP contribution in [0.1, 0.15) is 40.7 Å². The van der Waals surface area contributed by atoms with Crippen molar-refractivity contribution < 1.29 is 4.79 Å². The zero-order valence-electron chi connectivity index (χ0n) is 16.5. The second kappa shape index (κ2) is 11.0. The molecule has 1 aliphatic heterocycles. The van der Waals surface area contributed by atoms with Gasteiger partial charge in [0.25, 0.3) is 5.91 Å². The van der Waals surface area contributed by atoms with Crippen molar-refractivity contribution in [2.45, 2.75) is 25.8 Å². The lowest BCUT2D eigenvalue weighted by atomic mass is 9.99. The number of hydrogen-bond acceptors (Lipinski definition) is 2. The van der Waals surface area contributed by atoms with Crippen LogP contribution in [0.4, 0.5) is 0 Å². The van der Waals surface area contributed by atoms with Gasteiger partial charge in [0.05, 0.1) is 6.54 Å². The first-order chi connectivity index (χ1) is 13.2. The van der Waals surface area contributed by atoms with Crippen LogP contribution in [0, 0.1) is 0 Å². The largest absolute Gasteiger partial charge is 0.357 e. The standard InChI is InChI=1S/C22H28N4O.HI/c1-3-24-22(25-15-17-9-11-19(12-10-17)21(27)23-2)26-14-13-20(16-26)18-7-5-4-6-8-18;/h4-12,20H,3,13-16H2,1-2H3,(H,23,27)(H,24,25);1H. The van der Waals surface area contributed by atoms with Crippen molar-refractivity contribution in [2.75, 3.05) is 26.7 Å². The van der Waals surface area contributed by atoms with Gasteiger partial charge in [-0.2, -0.15) is 0 Å². The quantitative estimate of drug-likeness (QED) is 0.381. The van der Waals surface area contributed by atoms with E-state index < -0.39 is 0 Å². The number of nitrogens with zero attached hydrogens (tertiary/aromatic N) is 2. The van der Waals surface area contributed by atoms with E-state index in [-0.39, 0.29) is 29.9 Å². The average molecular weight is 492 g/mol. The number of carbonyl (C=O) groups is 1. The lowest BCUT2D eigenvalue weighted by Crippen LogP contribution is -2.40. The molecular formula is C22H29IN4O. The van der Waals surface area contributed by atoms with E-state index in [0.717, 1.165) is 37.6 Å². The second-order valence-electron chi connectivity index (χ2n) is 6.79. The van der Waals surface area contributed by atoms with Crippen molar-refractivity contribution in [3.63, 3.8) is 0 Å². The fraction of sp³-hybridized carbons (Fsp3) is 0.364. The Morgan fingerprint density at radius 2 is 1.86 bits per heavy atom. The van der Waals surface area contributed by atoms with E-state index in [4.69, 9.17) is 4.99 Å². The smallest absolute Gasteiger partial charge is 0.251 e. The summed E-state index contributed by atoms with van der Waals surface area (Å²) in [6.07, 6.45) is 1.15. The van der Waals surface area contributed by atoms with Crippen molar-refractivity contribution in [1.82, 2.24) is 15.5 Å². The number of carbonyl (C=O) groups excluding carboxylic acids is 1. The Hall–Kier alpha value is -2.09. The molecule has 0 spiro atoms. The molecule has 0 bridgehead atoms. The number of amides is 1. The highest BCUT2D eigenvalue weighted by Gasteiger charge is 2.25. The van der Waals surface area contributed by atoms with E-state index >= 15 is 0 Å². The van der Waals surface area contributed by atoms with E-state index in [1.54, 1.807) is 7.05 Å². The molecule has 1 saturated heterocycles. The number of aliphatic imine (C=N–C) groups is 1. The van der Waals surface area contributed by atoms with Crippen molar-refractivity contribution in [3.05, 3.63) is 71.3 Å². The highest BCUT2D eigenvalue weighted by molar-refractivity contribution is 14.0. The fourth-order valence-corrected chi connectivity index (χ4v) is 3.45. The summed E-state index contributed by atoms with van der Waals surface area (Å²) < 4.78 is 0. The highest BCUT2D eigenvalue weighted by atomic mass is 127. The van der Waals surface area contributed by atoms with Crippen LogP contribution in [-0.2, 0) is 6.54 Å². The number of rotatable bonds is 5. The molecule has 28 heavy (non-hydrogen) atoms. The summed E-state index contributed by atoms with van der Waals surface area (Å²) >= 11 is 0. The molecule has 1 fully saturated rings. The normalized spacial score (nSPS) is 16.4. The third-order valence-electron chi connectivity index (χ3n) is 4.95. The van der Waals surface area contributed by atoms with E-state index in [9.17, 15) is 4.79 Å². The third kappa shape index (κ3) is 5.70. The first kappa shape index (κ1) is 22.2. The maximum Gasteiger partial charge on any atom is 0.251 e. The molecule has 1 atom stereocenters. The van der Waals surface area contributed by atoms with Crippen LogP contribution >= 0.6 is 24.0 Å². The van der Waals surface area contributed by atoms with Gasteiger partial charge in [0.1, 0.15) is 0 Å². The molecule has 3 rings (SSSR count). The molecule has 2 aromatic carbocycles. The first-order valence-corrected chi connectivity index (χ1v) is 9.60. The molecular weight excluding hydrogens is 463 g/mol. The topological polar surface area (TPSA) is 56.7 Å². The predicted octanol–water partition coefficient (Wildman–Crippen LogP) is 3.62. The Labute approximate surface area is 184 Å². The van der Waals surface area contributed by atoms with Gasteiger partial charge >= 0.3 is 0 Å². The molecule has 1 aliphatic rings.